The standard InChI is InChI=1S/C25H26N4O4/c1-25(2,3)19-14-17(5-7-20(19)28-24(31)32)16-6-8-21-18(13-16)23(30)29(11-12-33-21)15-22-26-9-4-10-27-22/h4-10,13-14,28H,11-12,15H2,1-3H3,(H,31,32). The van der Waals surface area contributed by atoms with E-state index in [9.17, 15) is 14.7 Å². The van der Waals surface area contributed by atoms with Crippen LogP contribution < -0.4 is 10.1 Å². The Labute approximate surface area is 192 Å². The summed E-state index contributed by atoms with van der Waals surface area (Å²) in [4.78, 5) is 34.7. The van der Waals surface area contributed by atoms with Crippen LogP contribution in [-0.2, 0) is 12.0 Å². The van der Waals surface area contributed by atoms with E-state index < -0.39 is 6.09 Å². The van der Waals surface area contributed by atoms with Gasteiger partial charge in [0, 0.05) is 18.1 Å². The van der Waals surface area contributed by atoms with Crippen molar-refractivity contribution in [2.24, 2.45) is 0 Å². The molecule has 0 saturated carbocycles. The summed E-state index contributed by atoms with van der Waals surface area (Å²) >= 11 is 0. The van der Waals surface area contributed by atoms with E-state index >= 15 is 0 Å². The van der Waals surface area contributed by atoms with Crippen molar-refractivity contribution in [1.82, 2.24) is 14.9 Å². The predicted octanol–water partition coefficient (Wildman–Crippen LogP) is 4.57. The number of carbonyl (C=O) groups is 2. The Bertz CT molecular complexity index is 1190. The van der Waals surface area contributed by atoms with Crippen LogP contribution in [0.4, 0.5) is 10.5 Å². The molecule has 170 valence electrons. The number of nitrogens with zero attached hydrogens (tertiary/aromatic N) is 3. The zero-order valence-electron chi connectivity index (χ0n) is 18.8. The normalized spacial score (nSPS) is 13.7. The van der Waals surface area contributed by atoms with Gasteiger partial charge in [0.05, 0.1) is 18.7 Å². The smallest absolute Gasteiger partial charge is 0.409 e. The molecule has 0 atom stereocenters. The van der Waals surface area contributed by atoms with Crippen LogP contribution in [0.1, 0.15) is 42.5 Å². The van der Waals surface area contributed by atoms with Crippen molar-refractivity contribution in [3.05, 3.63) is 71.8 Å². The molecule has 0 spiro atoms. The molecule has 1 aliphatic heterocycles. The molecule has 1 aromatic heterocycles. The summed E-state index contributed by atoms with van der Waals surface area (Å²) in [5.74, 6) is 0.972. The van der Waals surface area contributed by atoms with Gasteiger partial charge in [-0.25, -0.2) is 14.8 Å². The number of anilines is 1. The number of ether oxygens (including phenoxy) is 1. The quantitative estimate of drug-likeness (QED) is 0.609. The van der Waals surface area contributed by atoms with E-state index in [1.165, 1.54) is 0 Å². The van der Waals surface area contributed by atoms with Crippen LogP contribution in [0.5, 0.6) is 5.75 Å². The SMILES string of the molecule is CC(C)(C)c1cc(-c2ccc3c(c2)C(=O)N(Cc2ncccn2)CCO3)ccc1NC(=O)O. The molecular weight excluding hydrogens is 420 g/mol. The molecule has 0 fully saturated rings. The summed E-state index contributed by atoms with van der Waals surface area (Å²) in [6, 6.07) is 12.9. The first-order valence-corrected chi connectivity index (χ1v) is 10.7. The average molecular weight is 447 g/mol. The average Bonchev–Trinajstić information content (AvgIpc) is 2.92. The van der Waals surface area contributed by atoms with E-state index in [-0.39, 0.29) is 11.3 Å². The summed E-state index contributed by atoms with van der Waals surface area (Å²) in [5, 5.41) is 11.7. The van der Waals surface area contributed by atoms with Crippen molar-refractivity contribution in [1.29, 1.82) is 0 Å². The number of fused-ring (bicyclic) bond motifs is 1. The molecule has 3 aromatic rings. The minimum Gasteiger partial charge on any atom is -0.491 e. The van der Waals surface area contributed by atoms with Gasteiger partial charge >= 0.3 is 6.09 Å². The van der Waals surface area contributed by atoms with E-state index in [1.54, 1.807) is 29.4 Å². The summed E-state index contributed by atoms with van der Waals surface area (Å²) in [6.07, 6.45) is 2.20. The van der Waals surface area contributed by atoms with Gasteiger partial charge in [-0.1, -0.05) is 32.9 Å². The Balaban J connectivity index is 1.70. The molecule has 8 nitrogen and oxygen atoms in total. The Hall–Kier alpha value is -3.94. The lowest BCUT2D eigenvalue weighted by Gasteiger charge is -2.24. The lowest BCUT2D eigenvalue weighted by atomic mass is 9.84. The van der Waals surface area contributed by atoms with Crippen molar-refractivity contribution >= 4 is 17.7 Å². The molecule has 2 N–H and O–H groups in total. The summed E-state index contributed by atoms with van der Waals surface area (Å²) in [5.41, 5.74) is 3.32. The molecule has 0 saturated heterocycles. The number of carbonyl (C=O) groups excluding carboxylic acids is 1. The molecule has 4 rings (SSSR count). The number of carboxylic acid groups (broad SMARTS) is 1. The lowest BCUT2D eigenvalue weighted by Crippen LogP contribution is -2.32. The maximum atomic E-state index is 13.3. The van der Waals surface area contributed by atoms with E-state index in [0.29, 0.717) is 42.5 Å². The highest BCUT2D eigenvalue weighted by Crippen LogP contribution is 2.35. The van der Waals surface area contributed by atoms with Crippen LogP contribution in [0.3, 0.4) is 0 Å². The van der Waals surface area contributed by atoms with E-state index in [2.05, 4.69) is 15.3 Å². The second-order valence-corrected chi connectivity index (χ2v) is 8.89. The first-order chi connectivity index (χ1) is 15.7. The maximum Gasteiger partial charge on any atom is 0.409 e. The van der Waals surface area contributed by atoms with Gasteiger partial charge in [0.25, 0.3) is 5.91 Å². The maximum absolute atomic E-state index is 13.3. The topological polar surface area (TPSA) is 105 Å². The van der Waals surface area contributed by atoms with E-state index in [1.807, 2.05) is 51.1 Å². The van der Waals surface area contributed by atoms with Crippen molar-refractivity contribution in [2.75, 3.05) is 18.5 Å². The van der Waals surface area contributed by atoms with Gasteiger partial charge < -0.3 is 14.7 Å². The van der Waals surface area contributed by atoms with Gasteiger partial charge in [-0.2, -0.15) is 0 Å². The molecule has 2 aromatic carbocycles. The highest BCUT2D eigenvalue weighted by Gasteiger charge is 2.25. The molecular formula is C25H26N4O4. The number of hydrogen-bond donors (Lipinski definition) is 2. The Morgan fingerprint density at radius 3 is 2.52 bits per heavy atom. The number of aromatic nitrogens is 2. The van der Waals surface area contributed by atoms with Gasteiger partial charge in [0.1, 0.15) is 18.2 Å². The van der Waals surface area contributed by atoms with E-state index in [4.69, 9.17) is 4.74 Å². The van der Waals surface area contributed by atoms with E-state index in [0.717, 1.165) is 16.7 Å². The minimum atomic E-state index is -1.11. The molecule has 0 unspecified atom stereocenters. The zero-order valence-corrected chi connectivity index (χ0v) is 18.8. The zero-order chi connectivity index (χ0) is 23.6. The van der Waals surface area contributed by atoms with Crippen molar-refractivity contribution in [3.8, 4) is 16.9 Å². The highest BCUT2D eigenvalue weighted by atomic mass is 16.5. The van der Waals surface area contributed by atoms with Crippen LogP contribution >= 0.6 is 0 Å². The molecule has 8 heteroatoms. The van der Waals surface area contributed by atoms with Crippen LogP contribution in [-0.4, -0.2) is 45.1 Å². The second-order valence-electron chi connectivity index (χ2n) is 8.89. The van der Waals surface area contributed by atoms with Gasteiger partial charge in [-0.15, -0.1) is 0 Å². The van der Waals surface area contributed by atoms with Crippen LogP contribution in [0.2, 0.25) is 0 Å². The molecule has 2 amide bonds. The molecule has 1 aliphatic rings. The van der Waals surface area contributed by atoms with Gasteiger partial charge in [0.15, 0.2) is 0 Å². The fraction of sp³-hybridized carbons (Fsp3) is 0.280. The van der Waals surface area contributed by atoms with Crippen molar-refractivity contribution in [2.45, 2.75) is 32.7 Å². The van der Waals surface area contributed by atoms with Gasteiger partial charge in [-0.05, 0) is 52.4 Å². The molecule has 0 bridgehead atoms. The van der Waals surface area contributed by atoms with Crippen LogP contribution in [0.25, 0.3) is 11.1 Å². The number of rotatable bonds is 4. The number of nitrogens with one attached hydrogen (secondary N) is 1. The lowest BCUT2D eigenvalue weighted by molar-refractivity contribution is 0.0738. The number of benzene rings is 2. The minimum absolute atomic E-state index is 0.142. The summed E-state index contributed by atoms with van der Waals surface area (Å²) in [6.45, 7) is 7.20. The molecule has 0 radical (unpaired) electrons. The largest absolute Gasteiger partial charge is 0.491 e. The Kier molecular flexibility index (Phi) is 6.00. The Morgan fingerprint density at radius 2 is 1.82 bits per heavy atom. The third kappa shape index (κ3) is 4.95. The highest BCUT2D eigenvalue weighted by molar-refractivity contribution is 5.98. The molecule has 2 heterocycles. The van der Waals surface area contributed by atoms with Crippen molar-refractivity contribution < 1.29 is 19.4 Å². The monoisotopic (exact) mass is 446 g/mol. The van der Waals surface area contributed by atoms with Crippen LogP contribution in [0.15, 0.2) is 54.9 Å². The molecule has 0 aliphatic carbocycles. The van der Waals surface area contributed by atoms with Gasteiger partial charge in [0.2, 0.25) is 0 Å². The first-order valence-electron chi connectivity index (χ1n) is 10.7. The predicted molar refractivity (Wildman–Crippen MR) is 124 cm³/mol. The fourth-order valence-corrected chi connectivity index (χ4v) is 3.84. The fourth-order valence-electron chi connectivity index (χ4n) is 3.84. The van der Waals surface area contributed by atoms with Gasteiger partial charge in [-0.3, -0.25) is 10.1 Å². The van der Waals surface area contributed by atoms with Crippen molar-refractivity contribution in [3.63, 3.8) is 0 Å². The number of hydrogen-bond acceptors (Lipinski definition) is 5. The third-order valence-corrected chi connectivity index (χ3v) is 5.47. The molecule has 33 heavy (non-hydrogen) atoms. The summed E-state index contributed by atoms with van der Waals surface area (Å²) in [7, 11) is 0. The Morgan fingerprint density at radius 1 is 1.12 bits per heavy atom. The third-order valence-electron chi connectivity index (χ3n) is 5.47. The number of amides is 2. The summed E-state index contributed by atoms with van der Waals surface area (Å²) < 4.78 is 5.84. The van der Waals surface area contributed by atoms with Crippen LogP contribution in [0, 0.1) is 0 Å². The second kappa shape index (κ2) is 8.90. The first kappa shape index (κ1) is 22.3.